The molecule has 0 atom stereocenters. The summed E-state index contributed by atoms with van der Waals surface area (Å²) < 4.78 is 23.7. The fourth-order valence-corrected chi connectivity index (χ4v) is 7.00. The van der Waals surface area contributed by atoms with E-state index in [1.165, 1.54) is 0 Å². The SMILES string of the molecule is Cc1cc(C(C)(C)C)cc2c1OP(F)(c1ccccc1)(c1ccccc1)N2. The van der Waals surface area contributed by atoms with E-state index in [2.05, 4.69) is 31.9 Å². The number of nitrogens with one attached hydrogen (secondary N) is 1. The molecule has 1 heterocycles. The Bertz CT molecular complexity index is 957. The molecule has 0 amide bonds. The van der Waals surface area contributed by atoms with Crippen LogP contribution in [0.3, 0.4) is 0 Å². The zero-order chi connectivity index (χ0) is 19.3. The van der Waals surface area contributed by atoms with Gasteiger partial charge in [-0.25, -0.2) is 0 Å². The van der Waals surface area contributed by atoms with Gasteiger partial charge in [0.2, 0.25) is 0 Å². The third-order valence-corrected chi connectivity index (χ3v) is 8.77. The van der Waals surface area contributed by atoms with Gasteiger partial charge in [-0.3, -0.25) is 0 Å². The van der Waals surface area contributed by atoms with E-state index >= 15 is 4.20 Å². The van der Waals surface area contributed by atoms with Crippen molar-refractivity contribution >= 4 is 23.6 Å². The van der Waals surface area contributed by atoms with Crippen LogP contribution in [-0.4, -0.2) is 0 Å². The van der Waals surface area contributed by atoms with Crippen molar-refractivity contribution in [2.75, 3.05) is 5.09 Å². The number of aryl methyl sites for hydroxylation is 1. The van der Waals surface area contributed by atoms with Gasteiger partial charge in [-0.2, -0.15) is 0 Å². The average molecular weight is 381 g/mol. The Hall–Kier alpha value is -2.38. The third kappa shape index (κ3) is 2.73. The second-order valence-corrected chi connectivity index (χ2v) is 11.5. The number of hydrogen-bond donors (Lipinski definition) is 1. The minimum atomic E-state index is -4.56. The van der Waals surface area contributed by atoms with Crippen LogP contribution in [0.4, 0.5) is 9.88 Å². The van der Waals surface area contributed by atoms with Crippen LogP contribution < -0.4 is 20.2 Å². The van der Waals surface area contributed by atoms with Crippen LogP contribution in [0.5, 0.6) is 5.75 Å². The Balaban J connectivity index is 1.97. The summed E-state index contributed by atoms with van der Waals surface area (Å²) in [6.45, 7) is 8.47. The molecule has 2 nitrogen and oxygen atoms in total. The third-order valence-electron chi connectivity index (χ3n) is 5.16. The van der Waals surface area contributed by atoms with Crippen molar-refractivity contribution in [1.29, 1.82) is 0 Å². The Morgan fingerprint density at radius 3 is 1.85 bits per heavy atom. The quantitative estimate of drug-likeness (QED) is 0.549. The normalized spacial score (nSPS) is 18.5. The van der Waals surface area contributed by atoms with Gasteiger partial charge in [0.15, 0.2) is 0 Å². The molecule has 0 fully saturated rings. The van der Waals surface area contributed by atoms with Crippen LogP contribution in [0.1, 0.15) is 31.9 Å². The van der Waals surface area contributed by atoms with Gasteiger partial charge >= 0.3 is 160 Å². The first-order chi connectivity index (χ1) is 12.7. The summed E-state index contributed by atoms with van der Waals surface area (Å²) in [5.41, 5.74) is 2.80. The van der Waals surface area contributed by atoms with Crippen LogP contribution >= 0.6 is 7.29 Å². The summed E-state index contributed by atoms with van der Waals surface area (Å²) in [5, 5.41) is 4.34. The van der Waals surface area contributed by atoms with Gasteiger partial charge in [0.05, 0.1) is 0 Å². The predicted octanol–water partition coefficient (Wildman–Crippen LogP) is 6.02. The first kappa shape index (κ1) is 18.0. The number of halogens is 1. The van der Waals surface area contributed by atoms with E-state index in [-0.39, 0.29) is 5.41 Å². The maximum absolute atomic E-state index is 17.4. The predicted molar refractivity (Wildman–Crippen MR) is 114 cm³/mol. The summed E-state index contributed by atoms with van der Waals surface area (Å²) in [6, 6.07) is 22.6. The molecule has 0 radical (unpaired) electrons. The van der Waals surface area contributed by atoms with E-state index in [0.29, 0.717) is 16.4 Å². The van der Waals surface area contributed by atoms with Crippen molar-refractivity contribution in [3.05, 3.63) is 83.9 Å². The van der Waals surface area contributed by atoms with Crippen molar-refractivity contribution in [2.45, 2.75) is 33.1 Å². The summed E-state index contributed by atoms with van der Waals surface area (Å²) in [6.07, 6.45) is 0. The molecular formula is C23H25FNOP. The second-order valence-electron chi connectivity index (χ2n) is 8.23. The molecule has 27 heavy (non-hydrogen) atoms. The van der Waals surface area contributed by atoms with Crippen LogP contribution in [0.15, 0.2) is 72.8 Å². The van der Waals surface area contributed by atoms with Gasteiger partial charge in [0.25, 0.3) is 0 Å². The maximum atomic E-state index is 17.4. The van der Waals surface area contributed by atoms with Crippen molar-refractivity contribution in [3.63, 3.8) is 0 Å². The van der Waals surface area contributed by atoms with E-state index < -0.39 is 7.29 Å². The molecule has 1 N–H and O–H groups in total. The Morgan fingerprint density at radius 2 is 1.37 bits per heavy atom. The second kappa shape index (κ2) is 5.81. The Kier molecular flexibility index (Phi) is 3.87. The van der Waals surface area contributed by atoms with Crippen LogP contribution in [-0.2, 0) is 5.41 Å². The molecule has 0 bridgehead atoms. The zero-order valence-corrected chi connectivity index (χ0v) is 17.1. The fraction of sp³-hybridized carbons (Fsp3) is 0.217. The molecule has 3 aromatic carbocycles. The van der Waals surface area contributed by atoms with Crippen molar-refractivity contribution in [3.8, 4) is 5.75 Å². The fourth-order valence-electron chi connectivity index (χ4n) is 3.59. The molecule has 3 aromatic rings. The molecular weight excluding hydrogens is 356 g/mol. The number of fused-ring (bicyclic) bond motifs is 1. The van der Waals surface area contributed by atoms with Gasteiger partial charge < -0.3 is 0 Å². The molecule has 0 saturated carbocycles. The van der Waals surface area contributed by atoms with Crippen LogP contribution in [0.2, 0.25) is 0 Å². The Morgan fingerprint density at radius 1 is 0.852 bits per heavy atom. The van der Waals surface area contributed by atoms with Gasteiger partial charge in [-0.1, -0.05) is 0 Å². The number of anilines is 1. The van der Waals surface area contributed by atoms with E-state index in [1.807, 2.05) is 73.7 Å². The van der Waals surface area contributed by atoms with E-state index in [4.69, 9.17) is 4.52 Å². The summed E-state index contributed by atoms with van der Waals surface area (Å²) >= 11 is 0. The molecule has 0 unspecified atom stereocenters. The Labute approximate surface area is 160 Å². The first-order valence-electron chi connectivity index (χ1n) is 9.20. The van der Waals surface area contributed by atoms with E-state index in [0.717, 1.165) is 16.8 Å². The van der Waals surface area contributed by atoms with Crippen molar-refractivity contribution < 1.29 is 8.72 Å². The molecule has 4 rings (SSSR count). The van der Waals surface area contributed by atoms with E-state index in [9.17, 15) is 0 Å². The monoisotopic (exact) mass is 381 g/mol. The topological polar surface area (TPSA) is 21.3 Å². The number of hydrogen-bond acceptors (Lipinski definition) is 2. The van der Waals surface area contributed by atoms with Crippen LogP contribution in [0, 0.1) is 6.92 Å². The summed E-state index contributed by atoms with van der Waals surface area (Å²) in [4.78, 5) is 0. The average Bonchev–Trinajstić information content (AvgIpc) is 2.99. The minimum absolute atomic E-state index is 0.0314. The molecule has 0 aliphatic carbocycles. The molecule has 1 aliphatic rings. The number of rotatable bonds is 2. The number of benzene rings is 3. The van der Waals surface area contributed by atoms with Crippen molar-refractivity contribution in [1.82, 2.24) is 0 Å². The molecule has 140 valence electrons. The van der Waals surface area contributed by atoms with E-state index in [1.54, 1.807) is 0 Å². The molecule has 0 aromatic heterocycles. The van der Waals surface area contributed by atoms with Crippen LogP contribution in [0.25, 0.3) is 0 Å². The molecule has 1 aliphatic heterocycles. The molecule has 0 saturated heterocycles. The van der Waals surface area contributed by atoms with Gasteiger partial charge in [-0.15, -0.1) is 0 Å². The summed E-state index contributed by atoms with van der Waals surface area (Å²) in [5.74, 6) is 0.607. The van der Waals surface area contributed by atoms with Crippen molar-refractivity contribution in [2.24, 2.45) is 0 Å². The van der Waals surface area contributed by atoms with Gasteiger partial charge in [0.1, 0.15) is 0 Å². The standard InChI is InChI=1S/C23H25FNOP/c1-17-15-18(23(2,3)4)16-21-22(17)26-27(24,25-21,19-11-7-5-8-12-19)20-13-9-6-10-14-20/h5-16,25H,1-4H3. The van der Waals surface area contributed by atoms with Gasteiger partial charge in [-0.05, 0) is 0 Å². The first-order valence-corrected chi connectivity index (χ1v) is 11.2. The zero-order valence-electron chi connectivity index (χ0n) is 16.2. The van der Waals surface area contributed by atoms with Gasteiger partial charge in [0, 0.05) is 0 Å². The summed E-state index contributed by atoms with van der Waals surface area (Å²) in [7, 11) is -4.56. The molecule has 4 heteroatoms. The molecule has 0 spiro atoms.